The van der Waals surface area contributed by atoms with Crippen molar-refractivity contribution >= 4 is 17.5 Å². The highest BCUT2D eigenvalue weighted by Crippen LogP contribution is 2.29. The first-order valence-corrected chi connectivity index (χ1v) is 7.15. The number of carbonyl (C=O) groups is 1. The van der Waals surface area contributed by atoms with Gasteiger partial charge in [-0.1, -0.05) is 18.0 Å². The molecule has 2 unspecified atom stereocenters. The first-order valence-electron chi connectivity index (χ1n) is 6.78. The molecule has 19 heavy (non-hydrogen) atoms. The molecule has 0 saturated heterocycles. The van der Waals surface area contributed by atoms with Crippen molar-refractivity contribution in [3.63, 3.8) is 0 Å². The van der Waals surface area contributed by atoms with E-state index >= 15 is 0 Å². The maximum atomic E-state index is 12.6. The SMILES string of the molecule is Cc1cc(Cl)ccc1C(=O)N(C)C1CCCC1CN. The summed E-state index contributed by atoms with van der Waals surface area (Å²) >= 11 is 5.93. The van der Waals surface area contributed by atoms with E-state index in [1.807, 2.05) is 31.0 Å². The minimum Gasteiger partial charge on any atom is -0.338 e. The van der Waals surface area contributed by atoms with Crippen LogP contribution in [0.25, 0.3) is 0 Å². The number of carbonyl (C=O) groups excluding carboxylic acids is 1. The molecule has 2 N–H and O–H groups in total. The van der Waals surface area contributed by atoms with Crippen LogP contribution in [-0.4, -0.2) is 30.4 Å². The molecule has 0 aromatic heterocycles. The number of hydrogen-bond acceptors (Lipinski definition) is 2. The van der Waals surface area contributed by atoms with Crippen molar-refractivity contribution in [1.82, 2.24) is 4.90 Å². The summed E-state index contributed by atoms with van der Waals surface area (Å²) in [5.74, 6) is 0.501. The Labute approximate surface area is 119 Å². The monoisotopic (exact) mass is 280 g/mol. The number of nitrogens with zero attached hydrogens (tertiary/aromatic N) is 1. The van der Waals surface area contributed by atoms with E-state index in [1.54, 1.807) is 6.07 Å². The number of amides is 1. The molecular formula is C15H21ClN2O. The van der Waals surface area contributed by atoms with Gasteiger partial charge in [-0.3, -0.25) is 4.79 Å². The van der Waals surface area contributed by atoms with Gasteiger partial charge >= 0.3 is 0 Å². The van der Waals surface area contributed by atoms with Gasteiger partial charge in [-0.25, -0.2) is 0 Å². The fraction of sp³-hybridized carbons (Fsp3) is 0.533. The van der Waals surface area contributed by atoms with Gasteiger partial charge in [0.15, 0.2) is 0 Å². The van der Waals surface area contributed by atoms with Crippen LogP contribution in [0.5, 0.6) is 0 Å². The van der Waals surface area contributed by atoms with Crippen LogP contribution in [0, 0.1) is 12.8 Å². The zero-order chi connectivity index (χ0) is 14.0. The molecule has 0 spiro atoms. The zero-order valence-corrected chi connectivity index (χ0v) is 12.3. The maximum Gasteiger partial charge on any atom is 0.254 e. The number of nitrogens with two attached hydrogens (primary N) is 1. The van der Waals surface area contributed by atoms with E-state index in [9.17, 15) is 4.79 Å². The smallest absolute Gasteiger partial charge is 0.254 e. The summed E-state index contributed by atoms with van der Waals surface area (Å²) in [6, 6.07) is 5.68. The zero-order valence-electron chi connectivity index (χ0n) is 11.5. The molecule has 1 saturated carbocycles. The molecule has 0 bridgehead atoms. The summed E-state index contributed by atoms with van der Waals surface area (Å²) in [6.07, 6.45) is 3.33. The lowest BCUT2D eigenvalue weighted by molar-refractivity contribution is 0.0699. The molecule has 0 aliphatic heterocycles. The molecule has 4 heteroatoms. The predicted octanol–water partition coefficient (Wildman–Crippen LogP) is 2.85. The van der Waals surface area contributed by atoms with Gasteiger partial charge in [0.05, 0.1) is 0 Å². The van der Waals surface area contributed by atoms with Crippen LogP contribution in [-0.2, 0) is 0 Å². The van der Waals surface area contributed by atoms with E-state index in [-0.39, 0.29) is 11.9 Å². The minimum absolute atomic E-state index is 0.0690. The van der Waals surface area contributed by atoms with Crippen molar-refractivity contribution in [2.75, 3.05) is 13.6 Å². The van der Waals surface area contributed by atoms with Crippen molar-refractivity contribution in [3.8, 4) is 0 Å². The van der Waals surface area contributed by atoms with Gasteiger partial charge in [0, 0.05) is 23.7 Å². The van der Waals surface area contributed by atoms with Crippen LogP contribution in [0.2, 0.25) is 5.02 Å². The summed E-state index contributed by atoms with van der Waals surface area (Å²) in [5, 5.41) is 0.664. The Morgan fingerprint density at radius 2 is 2.21 bits per heavy atom. The van der Waals surface area contributed by atoms with E-state index in [2.05, 4.69) is 0 Å². The van der Waals surface area contributed by atoms with Gasteiger partial charge in [-0.05, 0) is 56.0 Å². The largest absolute Gasteiger partial charge is 0.338 e. The Morgan fingerprint density at radius 1 is 1.47 bits per heavy atom. The Balaban J connectivity index is 2.19. The Morgan fingerprint density at radius 3 is 2.84 bits per heavy atom. The van der Waals surface area contributed by atoms with E-state index in [1.165, 1.54) is 0 Å². The standard InChI is InChI=1S/C15H21ClN2O/c1-10-8-12(16)6-7-13(10)15(19)18(2)14-5-3-4-11(14)9-17/h6-8,11,14H,3-5,9,17H2,1-2H3. The lowest BCUT2D eigenvalue weighted by Crippen LogP contribution is -2.41. The summed E-state index contributed by atoms with van der Waals surface area (Å²) < 4.78 is 0. The highest BCUT2D eigenvalue weighted by Gasteiger charge is 2.32. The quantitative estimate of drug-likeness (QED) is 0.925. The molecule has 0 heterocycles. The number of hydrogen-bond donors (Lipinski definition) is 1. The van der Waals surface area contributed by atoms with Crippen molar-refractivity contribution in [2.45, 2.75) is 32.2 Å². The fourth-order valence-electron chi connectivity index (χ4n) is 3.01. The maximum absolute atomic E-state index is 12.6. The van der Waals surface area contributed by atoms with Crippen molar-refractivity contribution < 1.29 is 4.79 Å². The van der Waals surface area contributed by atoms with Gasteiger partial charge in [-0.2, -0.15) is 0 Å². The molecule has 1 fully saturated rings. The lowest BCUT2D eigenvalue weighted by atomic mass is 10.0. The van der Waals surface area contributed by atoms with Crippen LogP contribution in [0.15, 0.2) is 18.2 Å². The number of halogens is 1. The second-order valence-corrected chi connectivity index (χ2v) is 5.81. The third-order valence-electron chi connectivity index (χ3n) is 4.16. The first kappa shape index (κ1) is 14.4. The molecule has 1 aromatic carbocycles. The third kappa shape index (κ3) is 2.93. The van der Waals surface area contributed by atoms with Crippen molar-refractivity contribution in [2.24, 2.45) is 11.7 Å². The molecular weight excluding hydrogens is 260 g/mol. The topological polar surface area (TPSA) is 46.3 Å². The molecule has 1 amide bonds. The molecule has 2 rings (SSSR count). The van der Waals surface area contributed by atoms with Crippen LogP contribution >= 0.6 is 11.6 Å². The molecule has 0 radical (unpaired) electrons. The number of benzene rings is 1. The van der Waals surface area contributed by atoms with Gasteiger partial charge in [0.1, 0.15) is 0 Å². The summed E-state index contributed by atoms with van der Waals surface area (Å²) in [5.41, 5.74) is 7.45. The van der Waals surface area contributed by atoms with Gasteiger partial charge in [0.25, 0.3) is 5.91 Å². The second-order valence-electron chi connectivity index (χ2n) is 5.37. The second kappa shape index (κ2) is 5.93. The molecule has 3 nitrogen and oxygen atoms in total. The van der Waals surface area contributed by atoms with Crippen LogP contribution in [0.4, 0.5) is 0 Å². The van der Waals surface area contributed by atoms with E-state index < -0.39 is 0 Å². The van der Waals surface area contributed by atoms with Gasteiger partial charge < -0.3 is 10.6 Å². The first-order chi connectivity index (χ1) is 9.04. The van der Waals surface area contributed by atoms with Crippen LogP contribution in [0.1, 0.15) is 35.2 Å². The predicted molar refractivity (Wildman–Crippen MR) is 78.5 cm³/mol. The third-order valence-corrected chi connectivity index (χ3v) is 4.39. The normalized spacial score (nSPS) is 22.5. The van der Waals surface area contributed by atoms with E-state index in [4.69, 9.17) is 17.3 Å². The van der Waals surface area contributed by atoms with Gasteiger partial charge in [0.2, 0.25) is 0 Å². The summed E-state index contributed by atoms with van der Waals surface area (Å²) in [7, 11) is 1.88. The molecule has 104 valence electrons. The minimum atomic E-state index is 0.0690. The Hall–Kier alpha value is -1.06. The summed E-state index contributed by atoms with van der Waals surface area (Å²) in [6.45, 7) is 2.57. The van der Waals surface area contributed by atoms with Gasteiger partial charge in [-0.15, -0.1) is 0 Å². The van der Waals surface area contributed by atoms with Crippen molar-refractivity contribution in [1.29, 1.82) is 0 Å². The highest BCUT2D eigenvalue weighted by molar-refractivity contribution is 6.30. The lowest BCUT2D eigenvalue weighted by Gasteiger charge is -2.29. The average Bonchev–Trinajstić information content (AvgIpc) is 2.85. The molecule has 2 atom stereocenters. The Bertz CT molecular complexity index is 475. The van der Waals surface area contributed by atoms with E-state index in [0.29, 0.717) is 17.5 Å². The summed E-state index contributed by atoms with van der Waals surface area (Å²) in [4.78, 5) is 14.4. The average molecular weight is 281 g/mol. The molecule has 1 aromatic rings. The van der Waals surface area contributed by atoms with E-state index in [0.717, 1.165) is 30.4 Å². The van der Waals surface area contributed by atoms with Crippen LogP contribution < -0.4 is 5.73 Å². The highest BCUT2D eigenvalue weighted by atomic mass is 35.5. The number of aryl methyl sites for hydroxylation is 1. The Kier molecular flexibility index (Phi) is 4.48. The fourth-order valence-corrected chi connectivity index (χ4v) is 3.24. The van der Waals surface area contributed by atoms with Crippen LogP contribution in [0.3, 0.4) is 0 Å². The molecule has 1 aliphatic rings. The van der Waals surface area contributed by atoms with Crippen molar-refractivity contribution in [3.05, 3.63) is 34.3 Å². The number of rotatable bonds is 3. The molecule has 1 aliphatic carbocycles.